The van der Waals surface area contributed by atoms with E-state index < -0.39 is 5.41 Å². The summed E-state index contributed by atoms with van der Waals surface area (Å²) in [4.78, 5) is 0. The van der Waals surface area contributed by atoms with Gasteiger partial charge in [0, 0.05) is 33.2 Å². The maximum absolute atomic E-state index is 7.06. The van der Waals surface area contributed by atoms with Gasteiger partial charge >= 0.3 is 0 Å². The van der Waals surface area contributed by atoms with Crippen molar-refractivity contribution in [3.8, 4) is 39.4 Å². The highest BCUT2D eigenvalue weighted by Gasteiger charge is 2.51. The number of fused-ring (bicyclic) bond motifs is 18. The lowest BCUT2D eigenvalue weighted by Crippen LogP contribution is -2.32. The van der Waals surface area contributed by atoms with Crippen LogP contribution in [-0.2, 0) is 5.41 Å². The summed E-state index contributed by atoms with van der Waals surface area (Å²) in [5, 5.41) is 10.1. The zero-order valence-corrected chi connectivity index (χ0v) is 30.9. The van der Waals surface area contributed by atoms with Crippen LogP contribution in [0.3, 0.4) is 0 Å². The predicted molar refractivity (Wildman–Crippen MR) is 236 cm³/mol. The van der Waals surface area contributed by atoms with E-state index in [-0.39, 0.29) is 0 Å². The van der Waals surface area contributed by atoms with Crippen molar-refractivity contribution in [3.05, 3.63) is 222 Å². The Morgan fingerprint density at radius 3 is 1.58 bits per heavy atom. The molecular weight excluding hydrogens is 691 g/mol. The van der Waals surface area contributed by atoms with Crippen LogP contribution in [0.2, 0.25) is 0 Å². The Hall–Kier alpha value is -7.42. The van der Waals surface area contributed by atoms with Crippen LogP contribution in [0.15, 0.2) is 200 Å². The van der Waals surface area contributed by atoms with E-state index in [1.807, 2.05) is 0 Å². The molecule has 11 aromatic rings. The first-order valence-corrected chi connectivity index (χ1v) is 19.8. The highest BCUT2D eigenvalue weighted by molar-refractivity contribution is 6.25. The normalized spacial score (nSPS) is 13.5. The van der Waals surface area contributed by atoms with E-state index in [1.165, 1.54) is 87.5 Å². The number of hydrogen-bond acceptors (Lipinski definition) is 1. The van der Waals surface area contributed by atoms with Gasteiger partial charge in [-0.1, -0.05) is 164 Å². The lowest BCUT2D eigenvalue weighted by molar-refractivity contribution is 0.438. The van der Waals surface area contributed by atoms with Crippen LogP contribution in [0.25, 0.3) is 82.1 Å². The Balaban J connectivity index is 1.05. The molecule has 0 bridgehead atoms. The van der Waals surface area contributed by atoms with Crippen LogP contribution in [0.5, 0.6) is 11.5 Å². The minimum Gasteiger partial charge on any atom is -0.456 e. The van der Waals surface area contributed by atoms with Crippen LogP contribution in [0.4, 0.5) is 0 Å². The van der Waals surface area contributed by atoms with Crippen molar-refractivity contribution < 1.29 is 4.74 Å². The minimum absolute atomic E-state index is 0.501. The molecule has 1 aliphatic heterocycles. The third-order valence-corrected chi connectivity index (χ3v) is 12.8. The Morgan fingerprint density at radius 1 is 0.333 bits per heavy atom. The summed E-state index contributed by atoms with van der Waals surface area (Å²) in [6, 6.07) is 73.6. The average Bonchev–Trinajstić information content (AvgIpc) is 3.77. The SMILES string of the molecule is c1ccc2c(c1)Oc1c(-c3ccc4c(c3)c3ccccc3n4-c3ccc4c5ccccc5c5ccccc5c4c3)cccc1C21c2ccccc2-c2ccccc21. The summed E-state index contributed by atoms with van der Waals surface area (Å²) in [6.45, 7) is 0. The average molecular weight is 724 g/mol. The molecule has 1 spiro atoms. The van der Waals surface area contributed by atoms with Crippen molar-refractivity contribution in [2.75, 3.05) is 0 Å². The second-order valence-electron chi connectivity index (χ2n) is 15.5. The molecule has 0 radical (unpaired) electrons. The quantitative estimate of drug-likeness (QED) is 0.162. The Morgan fingerprint density at radius 2 is 0.860 bits per heavy atom. The molecule has 0 atom stereocenters. The van der Waals surface area contributed by atoms with Crippen molar-refractivity contribution in [3.63, 3.8) is 0 Å². The first-order valence-electron chi connectivity index (χ1n) is 19.8. The van der Waals surface area contributed by atoms with Gasteiger partial charge in [0.15, 0.2) is 0 Å². The molecule has 1 aliphatic carbocycles. The molecule has 10 aromatic carbocycles. The predicted octanol–water partition coefficient (Wildman–Crippen LogP) is 14.4. The number of rotatable bonds is 2. The van der Waals surface area contributed by atoms with Crippen LogP contribution in [0.1, 0.15) is 22.3 Å². The van der Waals surface area contributed by atoms with Gasteiger partial charge < -0.3 is 9.30 Å². The maximum atomic E-state index is 7.06. The molecule has 0 amide bonds. The van der Waals surface area contributed by atoms with E-state index >= 15 is 0 Å². The molecule has 0 saturated carbocycles. The molecular formula is C55H33NO. The Kier molecular flexibility index (Phi) is 6.13. The number of para-hydroxylation sites is 3. The number of ether oxygens (including phenoxy) is 1. The van der Waals surface area contributed by atoms with Crippen molar-refractivity contribution in [1.29, 1.82) is 0 Å². The van der Waals surface area contributed by atoms with E-state index in [0.29, 0.717) is 0 Å². The van der Waals surface area contributed by atoms with Gasteiger partial charge in [0.05, 0.1) is 16.4 Å². The molecule has 2 aliphatic rings. The molecule has 0 unspecified atom stereocenters. The van der Waals surface area contributed by atoms with Gasteiger partial charge in [-0.2, -0.15) is 0 Å². The minimum atomic E-state index is -0.501. The third kappa shape index (κ3) is 3.99. The van der Waals surface area contributed by atoms with Crippen LogP contribution in [0, 0.1) is 0 Å². The van der Waals surface area contributed by atoms with Crippen molar-refractivity contribution >= 4 is 54.1 Å². The molecule has 13 rings (SSSR count). The van der Waals surface area contributed by atoms with E-state index in [2.05, 4.69) is 205 Å². The summed E-state index contributed by atoms with van der Waals surface area (Å²) in [5.41, 5.74) is 12.8. The summed E-state index contributed by atoms with van der Waals surface area (Å²) in [6.07, 6.45) is 0. The Labute approximate surface area is 329 Å². The first kappa shape index (κ1) is 30.9. The Bertz CT molecular complexity index is 3430. The molecule has 1 aromatic heterocycles. The van der Waals surface area contributed by atoms with Gasteiger partial charge in [0.25, 0.3) is 0 Å². The molecule has 57 heavy (non-hydrogen) atoms. The van der Waals surface area contributed by atoms with Gasteiger partial charge in [0.1, 0.15) is 11.5 Å². The fourth-order valence-electron chi connectivity index (χ4n) is 10.6. The van der Waals surface area contributed by atoms with Gasteiger partial charge in [-0.25, -0.2) is 0 Å². The summed E-state index contributed by atoms with van der Waals surface area (Å²) < 4.78 is 9.49. The number of aromatic nitrogens is 1. The second-order valence-corrected chi connectivity index (χ2v) is 15.5. The molecule has 2 heteroatoms. The standard InChI is InChI=1S/C55H33NO/c1-2-16-39-37(14-1)38-15-3-4-17-40(38)45-33-35(29-30-41(39)45)56-51-26-11-7-20-44(51)46-32-34(28-31-52(46)56)36-21-13-25-50-54(36)57-53-27-12-10-24-49(53)55(50)47-22-8-5-18-42(47)43-19-6-9-23-48(43)55/h1-33H. The third-order valence-electron chi connectivity index (χ3n) is 12.8. The lowest BCUT2D eigenvalue weighted by atomic mass is 9.65. The smallest absolute Gasteiger partial charge is 0.140 e. The summed E-state index contributed by atoms with van der Waals surface area (Å²) >= 11 is 0. The molecule has 0 fully saturated rings. The van der Waals surface area contributed by atoms with E-state index in [9.17, 15) is 0 Å². The molecule has 0 saturated heterocycles. The fraction of sp³-hybridized carbons (Fsp3) is 0.0182. The molecule has 2 nitrogen and oxygen atoms in total. The van der Waals surface area contributed by atoms with Crippen molar-refractivity contribution in [1.82, 2.24) is 4.57 Å². The van der Waals surface area contributed by atoms with Gasteiger partial charge in [-0.15, -0.1) is 0 Å². The molecule has 264 valence electrons. The number of benzene rings is 10. The van der Waals surface area contributed by atoms with Crippen LogP contribution in [-0.4, -0.2) is 4.57 Å². The highest BCUT2D eigenvalue weighted by Crippen LogP contribution is 2.63. The van der Waals surface area contributed by atoms with E-state index in [1.54, 1.807) is 0 Å². The number of nitrogens with zero attached hydrogens (tertiary/aromatic N) is 1. The maximum Gasteiger partial charge on any atom is 0.140 e. The van der Waals surface area contributed by atoms with Crippen LogP contribution < -0.4 is 4.74 Å². The molecule has 2 heterocycles. The summed E-state index contributed by atoms with van der Waals surface area (Å²) in [5.74, 6) is 1.82. The van der Waals surface area contributed by atoms with Crippen molar-refractivity contribution in [2.24, 2.45) is 0 Å². The fourth-order valence-corrected chi connectivity index (χ4v) is 10.6. The van der Waals surface area contributed by atoms with Gasteiger partial charge in [0.2, 0.25) is 0 Å². The second kappa shape index (κ2) is 11.3. The van der Waals surface area contributed by atoms with Gasteiger partial charge in [-0.3, -0.25) is 0 Å². The van der Waals surface area contributed by atoms with Crippen LogP contribution >= 0.6 is 0 Å². The highest BCUT2D eigenvalue weighted by atomic mass is 16.5. The first-order chi connectivity index (χ1) is 28.3. The van der Waals surface area contributed by atoms with Gasteiger partial charge in [-0.05, 0) is 96.5 Å². The van der Waals surface area contributed by atoms with Crippen molar-refractivity contribution in [2.45, 2.75) is 5.41 Å². The zero-order valence-electron chi connectivity index (χ0n) is 30.9. The monoisotopic (exact) mass is 723 g/mol. The lowest BCUT2D eigenvalue weighted by Gasteiger charge is -2.40. The van der Waals surface area contributed by atoms with E-state index in [4.69, 9.17) is 4.74 Å². The largest absolute Gasteiger partial charge is 0.456 e. The zero-order chi connectivity index (χ0) is 37.2. The number of hydrogen-bond donors (Lipinski definition) is 0. The molecule has 0 N–H and O–H groups in total. The summed E-state index contributed by atoms with van der Waals surface area (Å²) in [7, 11) is 0. The van der Waals surface area contributed by atoms with E-state index in [0.717, 1.165) is 28.3 Å². The topological polar surface area (TPSA) is 14.2 Å².